The fourth-order valence-corrected chi connectivity index (χ4v) is 4.00. The van der Waals surface area contributed by atoms with Gasteiger partial charge in [0, 0.05) is 5.02 Å². The number of nitrogens with one attached hydrogen (secondary N) is 3. The summed E-state index contributed by atoms with van der Waals surface area (Å²) in [5, 5.41) is 14.7. The van der Waals surface area contributed by atoms with Gasteiger partial charge in [0.25, 0.3) is 11.7 Å². The van der Waals surface area contributed by atoms with Gasteiger partial charge in [0.2, 0.25) is 11.8 Å². The zero-order valence-corrected chi connectivity index (χ0v) is 23.7. The van der Waals surface area contributed by atoms with E-state index in [1.807, 2.05) is 5.32 Å². The molecule has 0 aromatic heterocycles. The van der Waals surface area contributed by atoms with Gasteiger partial charge in [0.1, 0.15) is 17.8 Å². The fraction of sp³-hybridized carbons (Fsp3) is 0.385. The maximum atomic E-state index is 14.9. The number of halogens is 7. The Kier molecular flexibility index (Phi) is 11.7. The van der Waals surface area contributed by atoms with E-state index in [1.54, 1.807) is 5.32 Å². The first kappa shape index (κ1) is 34.7. The second kappa shape index (κ2) is 14.1. The standard InChI is InChI=1S/C26H26Cl2F5N3O6/c1-12(2)19(21(38)26(31,32)33)35-23(40)20(13-4-7-15(42-3)8-5-13)36-22(39)18(11-37)34-24(41)25(29,30)16-10-14(27)6-9-17(16)28/h4-10,12,18-20,37H,11H2,1-3H3,(H,34,41)(H,35,40)(H,36,39). The van der Waals surface area contributed by atoms with E-state index in [1.165, 1.54) is 51.3 Å². The number of ether oxygens (including phenoxy) is 1. The highest BCUT2D eigenvalue weighted by Gasteiger charge is 2.46. The van der Waals surface area contributed by atoms with Crippen LogP contribution in [0.2, 0.25) is 10.0 Å². The summed E-state index contributed by atoms with van der Waals surface area (Å²) in [5.41, 5.74) is -1.02. The SMILES string of the molecule is COc1ccc(C(NC(=O)C(CO)NC(=O)C(F)(F)c2cc(Cl)ccc2Cl)C(=O)NC(C(=O)C(F)(F)F)C(C)C)cc1. The van der Waals surface area contributed by atoms with Crippen molar-refractivity contribution >= 4 is 46.7 Å². The van der Waals surface area contributed by atoms with Gasteiger partial charge in [-0.05, 0) is 41.8 Å². The van der Waals surface area contributed by atoms with Gasteiger partial charge in [0.15, 0.2) is 0 Å². The van der Waals surface area contributed by atoms with Crippen LogP contribution in [-0.4, -0.2) is 60.6 Å². The van der Waals surface area contributed by atoms with Crippen LogP contribution in [0.15, 0.2) is 42.5 Å². The number of amides is 3. The lowest BCUT2D eigenvalue weighted by atomic mass is 9.97. The third kappa shape index (κ3) is 8.52. The molecule has 2 aromatic carbocycles. The number of methoxy groups -OCH3 is 1. The average Bonchev–Trinajstić information content (AvgIpc) is 2.93. The number of aliphatic hydroxyl groups is 1. The van der Waals surface area contributed by atoms with Gasteiger partial charge in [-0.15, -0.1) is 0 Å². The lowest BCUT2D eigenvalue weighted by Crippen LogP contribution is -2.56. The molecule has 0 spiro atoms. The van der Waals surface area contributed by atoms with Crippen molar-refractivity contribution in [2.24, 2.45) is 5.92 Å². The molecule has 0 fully saturated rings. The number of hydrogen-bond donors (Lipinski definition) is 4. The maximum Gasteiger partial charge on any atom is 0.452 e. The number of aliphatic hydroxyl groups excluding tert-OH is 1. The third-order valence-electron chi connectivity index (χ3n) is 5.88. The molecule has 16 heteroatoms. The first-order valence-electron chi connectivity index (χ1n) is 12.0. The molecule has 0 saturated carbocycles. The maximum absolute atomic E-state index is 14.9. The van der Waals surface area contributed by atoms with Crippen LogP contribution in [0.5, 0.6) is 5.75 Å². The van der Waals surface area contributed by atoms with Gasteiger partial charge >= 0.3 is 12.1 Å². The molecule has 230 valence electrons. The number of benzene rings is 2. The van der Waals surface area contributed by atoms with Gasteiger partial charge in [-0.25, -0.2) is 0 Å². The average molecular weight is 642 g/mol. The third-order valence-corrected chi connectivity index (χ3v) is 6.45. The van der Waals surface area contributed by atoms with E-state index in [4.69, 9.17) is 27.9 Å². The summed E-state index contributed by atoms with van der Waals surface area (Å²) in [4.78, 5) is 50.5. The Balaban J connectivity index is 2.37. The van der Waals surface area contributed by atoms with Gasteiger partial charge in [-0.2, -0.15) is 22.0 Å². The summed E-state index contributed by atoms with van der Waals surface area (Å²) in [6.07, 6.45) is -5.29. The molecule has 2 aromatic rings. The summed E-state index contributed by atoms with van der Waals surface area (Å²) in [6.45, 7) is 1.27. The fourth-order valence-electron chi connectivity index (χ4n) is 3.59. The zero-order valence-electron chi connectivity index (χ0n) is 22.2. The van der Waals surface area contributed by atoms with Crippen molar-refractivity contribution in [3.05, 3.63) is 63.6 Å². The molecule has 0 aliphatic rings. The molecular weight excluding hydrogens is 616 g/mol. The molecule has 0 saturated heterocycles. The van der Waals surface area contributed by atoms with Crippen LogP contribution >= 0.6 is 23.2 Å². The highest BCUT2D eigenvalue weighted by Crippen LogP contribution is 2.35. The minimum absolute atomic E-state index is 0.0253. The number of hydrogen-bond acceptors (Lipinski definition) is 6. The predicted molar refractivity (Wildman–Crippen MR) is 141 cm³/mol. The van der Waals surface area contributed by atoms with Gasteiger partial charge in [-0.3, -0.25) is 19.2 Å². The van der Waals surface area contributed by atoms with Crippen LogP contribution in [0.3, 0.4) is 0 Å². The monoisotopic (exact) mass is 641 g/mol. The summed E-state index contributed by atoms with van der Waals surface area (Å²) in [7, 11) is 1.33. The highest BCUT2D eigenvalue weighted by atomic mass is 35.5. The minimum Gasteiger partial charge on any atom is -0.497 e. The second-order valence-corrected chi connectivity index (χ2v) is 10.1. The predicted octanol–water partition coefficient (Wildman–Crippen LogP) is 3.70. The van der Waals surface area contributed by atoms with E-state index in [-0.39, 0.29) is 10.6 Å². The molecule has 0 radical (unpaired) electrons. The highest BCUT2D eigenvalue weighted by molar-refractivity contribution is 6.33. The molecule has 3 unspecified atom stereocenters. The quantitative estimate of drug-likeness (QED) is 0.261. The minimum atomic E-state index is -5.29. The number of ketones is 1. The molecule has 3 atom stereocenters. The Hall–Kier alpha value is -3.49. The van der Waals surface area contributed by atoms with Crippen LogP contribution in [0.1, 0.15) is 31.0 Å². The van der Waals surface area contributed by atoms with Crippen molar-refractivity contribution < 1.29 is 51.0 Å². The first-order chi connectivity index (χ1) is 19.4. The Morgan fingerprint density at radius 3 is 2.00 bits per heavy atom. The van der Waals surface area contributed by atoms with Gasteiger partial charge < -0.3 is 25.8 Å². The van der Waals surface area contributed by atoms with Crippen molar-refractivity contribution in [3.63, 3.8) is 0 Å². The molecule has 3 amide bonds. The summed E-state index contributed by atoms with van der Waals surface area (Å²) < 4.78 is 74.2. The van der Waals surface area contributed by atoms with Crippen molar-refractivity contribution in [2.75, 3.05) is 13.7 Å². The van der Waals surface area contributed by atoms with Crippen LogP contribution < -0.4 is 20.7 Å². The zero-order chi connectivity index (χ0) is 32.0. The smallest absolute Gasteiger partial charge is 0.452 e. The number of alkyl halides is 5. The van der Waals surface area contributed by atoms with Crippen LogP contribution in [0.4, 0.5) is 22.0 Å². The number of rotatable bonds is 12. The van der Waals surface area contributed by atoms with Crippen LogP contribution in [-0.2, 0) is 25.1 Å². The largest absolute Gasteiger partial charge is 0.497 e. The van der Waals surface area contributed by atoms with E-state index in [0.717, 1.165) is 12.1 Å². The molecule has 9 nitrogen and oxygen atoms in total. The number of carbonyl (C=O) groups is 4. The van der Waals surface area contributed by atoms with E-state index in [2.05, 4.69) is 5.32 Å². The molecule has 2 rings (SSSR count). The Morgan fingerprint density at radius 1 is 0.905 bits per heavy atom. The van der Waals surface area contributed by atoms with Crippen molar-refractivity contribution in [2.45, 2.75) is 44.1 Å². The van der Waals surface area contributed by atoms with Gasteiger partial charge in [0.05, 0.1) is 30.3 Å². The topological polar surface area (TPSA) is 134 Å². The molecule has 0 bridgehead atoms. The van der Waals surface area contributed by atoms with E-state index in [0.29, 0.717) is 5.75 Å². The molecule has 4 N–H and O–H groups in total. The molecular formula is C26H26Cl2F5N3O6. The van der Waals surface area contributed by atoms with E-state index < -0.39 is 76.8 Å². The molecule has 42 heavy (non-hydrogen) atoms. The molecule has 0 heterocycles. The van der Waals surface area contributed by atoms with Gasteiger partial charge in [-0.1, -0.05) is 49.2 Å². The van der Waals surface area contributed by atoms with Crippen molar-refractivity contribution in [1.29, 1.82) is 0 Å². The number of Topliss-reactive ketones (excluding diaryl/α,β-unsaturated/α-hetero) is 1. The Bertz CT molecular complexity index is 1310. The summed E-state index contributed by atoms with van der Waals surface area (Å²) >= 11 is 11.5. The first-order valence-corrected chi connectivity index (χ1v) is 12.8. The lowest BCUT2D eigenvalue weighted by Gasteiger charge is -2.27. The Labute approximate surface area is 246 Å². The summed E-state index contributed by atoms with van der Waals surface area (Å²) in [5.74, 6) is -12.0. The van der Waals surface area contributed by atoms with Crippen molar-refractivity contribution in [3.8, 4) is 5.75 Å². The van der Waals surface area contributed by atoms with Crippen LogP contribution in [0.25, 0.3) is 0 Å². The Morgan fingerprint density at radius 2 is 1.50 bits per heavy atom. The van der Waals surface area contributed by atoms with E-state index in [9.17, 15) is 46.2 Å². The summed E-state index contributed by atoms with van der Waals surface area (Å²) in [6, 6.07) is 2.27. The second-order valence-electron chi connectivity index (χ2n) is 9.21. The van der Waals surface area contributed by atoms with Crippen molar-refractivity contribution in [1.82, 2.24) is 16.0 Å². The molecule has 0 aliphatic heterocycles. The van der Waals surface area contributed by atoms with Crippen LogP contribution in [0, 0.1) is 5.92 Å². The molecule has 0 aliphatic carbocycles. The van der Waals surface area contributed by atoms with E-state index >= 15 is 0 Å². The number of carbonyl (C=O) groups excluding carboxylic acids is 4. The lowest BCUT2D eigenvalue weighted by molar-refractivity contribution is -0.175. The normalized spacial score (nSPS) is 14.0.